The van der Waals surface area contributed by atoms with Gasteiger partial charge in [0, 0.05) is 51.1 Å². The number of benzene rings is 2. The van der Waals surface area contributed by atoms with Crippen LogP contribution in [0.2, 0.25) is 0 Å². The fourth-order valence-electron chi connectivity index (χ4n) is 4.98. The molecule has 36 heavy (non-hydrogen) atoms. The molecule has 0 aliphatic carbocycles. The summed E-state index contributed by atoms with van der Waals surface area (Å²) in [6, 6.07) is 14.2. The Morgan fingerprint density at radius 2 is 1.72 bits per heavy atom. The summed E-state index contributed by atoms with van der Waals surface area (Å²) in [5, 5.41) is 2.87. The maximum Gasteiger partial charge on any atom is 0.331 e. The van der Waals surface area contributed by atoms with E-state index in [4.69, 9.17) is 0 Å². The Bertz CT molecular complexity index is 1190. The minimum absolute atomic E-state index is 0.0342. The first-order valence-corrected chi connectivity index (χ1v) is 12.3. The molecule has 6 amide bonds. The van der Waals surface area contributed by atoms with Crippen LogP contribution < -0.4 is 15.1 Å². The number of piperazine rings is 1. The van der Waals surface area contributed by atoms with E-state index in [0.717, 1.165) is 30.0 Å². The van der Waals surface area contributed by atoms with Crippen molar-refractivity contribution in [1.29, 1.82) is 0 Å². The molecule has 2 fully saturated rings. The van der Waals surface area contributed by atoms with E-state index in [1.165, 1.54) is 10.5 Å². The molecule has 0 spiro atoms. The lowest BCUT2D eigenvalue weighted by Gasteiger charge is -2.36. The zero-order valence-electron chi connectivity index (χ0n) is 20.4. The highest BCUT2D eigenvalue weighted by Crippen LogP contribution is 2.27. The summed E-state index contributed by atoms with van der Waals surface area (Å²) >= 11 is 0. The molecule has 0 bridgehead atoms. The molecular weight excluding hydrogens is 460 g/mol. The number of nitrogens with zero attached hydrogens (tertiary/aromatic N) is 5. The van der Waals surface area contributed by atoms with Crippen molar-refractivity contribution in [3.05, 3.63) is 54.1 Å². The smallest absolute Gasteiger partial charge is 0.322 e. The van der Waals surface area contributed by atoms with Crippen LogP contribution >= 0.6 is 0 Å². The maximum absolute atomic E-state index is 13.0. The first-order chi connectivity index (χ1) is 17.4. The molecule has 2 aromatic carbocycles. The van der Waals surface area contributed by atoms with Crippen molar-refractivity contribution in [3.63, 3.8) is 0 Å². The number of rotatable bonds is 4. The summed E-state index contributed by atoms with van der Waals surface area (Å²) in [4.78, 5) is 58.5. The molecule has 3 heterocycles. The zero-order valence-corrected chi connectivity index (χ0v) is 20.4. The number of fused-ring (bicyclic) bond motifs is 1. The van der Waals surface area contributed by atoms with Crippen LogP contribution in [0.4, 0.5) is 26.7 Å². The quantitative estimate of drug-likeness (QED) is 0.663. The molecule has 0 aromatic heterocycles. The molecule has 1 N–H and O–H groups in total. The highest BCUT2D eigenvalue weighted by molar-refractivity contribution is 6.19. The van der Waals surface area contributed by atoms with Crippen molar-refractivity contribution in [2.24, 2.45) is 0 Å². The van der Waals surface area contributed by atoms with Gasteiger partial charge in [0.1, 0.15) is 6.54 Å². The first kappa shape index (κ1) is 23.8. The average Bonchev–Trinajstić information content (AvgIpc) is 3.14. The number of imide groups is 1. The number of hydrogen-bond donors (Lipinski definition) is 1. The van der Waals surface area contributed by atoms with Crippen molar-refractivity contribution in [1.82, 2.24) is 14.7 Å². The number of amides is 6. The minimum Gasteiger partial charge on any atom is -0.322 e. The van der Waals surface area contributed by atoms with Gasteiger partial charge >= 0.3 is 12.1 Å². The molecule has 2 aromatic rings. The molecule has 10 heteroatoms. The monoisotopic (exact) mass is 490 g/mol. The van der Waals surface area contributed by atoms with Crippen molar-refractivity contribution in [2.45, 2.75) is 12.8 Å². The number of likely N-dealkylation sites (N-methyl/N-ethyl adjacent to an activating group) is 1. The Morgan fingerprint density at radius 3 is 2.47 bits per heavy atom. The molecule has 3 aliphatic rings. The lowest BCUT2D eigenvalue weighted by atomic mass is 10.0. The predicted molar refractivity (Wildman–Crippen MR) is 136 cm³/mol. The van der Waals surface area contributed by atoms with Crippen LogP contribution in [0.15, 0.2) is 48.5 Å². The van der Waals surface area contributed by atoms with E-state index in [1.54, 1.807) is 36.2 Å². The Kier molecular flexibility index (Phi) is 6.60. The van der Waals surface area contributed by atoms with E-state index >= 15 is 0 Å². The molecular formula is C26H30N6O4. The number of carbonyl (C=O) groups excluding carboxylic acids is 4. The fraction of sp³-hybridized carbons (Fsp3) is 0.385. The standard InChI is InChI=1S/C26H30N6O4/c1-28-17-24(34)32(26(28)36)21-9-4-8-20(16-21)27-25(35)30-14-12-29(13-15-30)18-23(33)31-11-5-7-19-6-2-3-10-22(19)31/h2-4,6,8-10,16H,5,7,11-15,17-18H2,1H3,(H,27,35). The summed E-state index contributed by atoms with van der Waals surface area (Å²) in [6.45, 7) is 3.33. The van der Waals surface area contributed by atoms with Crippen LogP contribution in [0.3, 0.4) is 0 Å². The Labute approximate surface area is 210 Å². The molecule has 0 unspecified atom stereocenters. The van der Waals surface area contributed by atoms with Gasteiger partial charge in [0.15, 0.2) is 0 Å². The maximum atomic E-state index is 13.0. The lowest BCUT2D eigenvalue weighted by Crippen LogP contribution is -2.52. The summed E-state index contributed by atoms with van der Waals surface area (Å²) in [7, 11) is 1.57. The number of aryl methyl sites for hydroxylation is 1. The van der Waals surface area contributed by atoms with E-state index in [1.807, 2.05) is 23.1 Å². The molecule has 3 aliphatic heterocycles. The van der Waals surface area contributed by atoms with Gasteiger partial charge in [-0.25, -0.2) is 14.5 Å². The third-order valence-electron chi connectivity index (χ3n) is 6.92. The summed E-state index contributed by atoms with van der Waals surface area (Å²) < 4.78 is 0. The van der Waals surface area contributed by atoms with Crippen molar-refractivity contribution in [2.75, 3.05) is 68.0 Å². The molecule has 5 rings (SSSR count). The van der Waals surface area contributed by atoms with Crippen LogP contribution in [-0.4, -0.2) is 91.4 Å². The molecule has 0 saturated carbocycles. The van der Waals surface area contributed by atoms with E-state index < -0.39 is 0 Å². The summed E-state index contributed by atoms with van der Waals surface area (Å²) in [5.41, 5.74) is 3.16. The topological polar surface area (TPSA) is 96.5 Å². The van der Waals surface area contributed by atoms with E-state index in [0.29, 0.717) is 44.1 Å². The van der Waals surface area contributed by atoms with Gasteiger partial charge in [-0.1, -0.05) is 24.3 Å². The number of carbonyl (C=O) groups is 4. The van der Waals surface area contributed by atoms with Gasteiger partial charge in [0.05, 0.1) is 12.2 Å². The number of urea groups is 2. The van der Waals surface area contributed by atoms with Crippen molar-refractivity contribution >= 4 is 40.9 Å². The number of nitrogens with one attached hydrogen (secondary N) is 1. The number of hydrogen-bond acceptors (Lipinski definition) is 5. The van der Waals surface area contributed by atoms with Gasteiger partial charge in [-0.05, 0) is 42.7 Å². The second-order valence-electron chi connectivity index (χ2n) is 9.39. The molecule has 188 valence electrons. The van der Waals surface area contributed by atoms with Gasteiger partial charge in [0.25, 0.3) is 5.91 Å². The number of para-hydroxylation sites is 1. The number of anilines is 3. The lowest BCUT2D eigenvalue weighted by molar-refractivity contribution is -0.120. The van der Waals surface area contributed by atoms with Gasteiger partial charge in [-0.15, -0.1) is 0 Å². The second kappa shape index (κ2) is 9.98. The van der Waals surface area contributed by atoms with Crippen molar-refractivity contribution in [3.8, 4) is 0 Å². The van der Waals surface area contributed by atoms with E-state index in [-0.39, 0.29) is 30.4 Å². The van der Waals surface area contributed by atoms with E-state index in [2.05, 4.69) is 16.3 Å². The zero-order chi connectivity index (χ0) is 25.2. The first-order valence-electron chi connectivity index (χ1n) is 12.3. The Balaban J connectivity index is 1.14. The van der Waals surface area contributed by atoms with Crippen LogP contribution in [0.5, 0.6) is 0 Å². The fourth-order valence-corrected chi connectivity index (χ4v) is 4.98. The average molecular weight is 491 g/mol. The van der Waals surface area contributed by atoms with Gasteiger partial charge in [-0.2, -0.15) is 0 Å². The van der Waals surface area contributed by atoms with Crippen LogP contribution in [0.1, 0.15) is 12.0 Å². The Morgan fingerprint density at radius 1 is 0.944 bits per heavy atom. The molecule has 0 atom stereocenters. The van der Waals surface area contributed by atoms with Crippen molar-refractivity contribution < 1.29 is 19.2 Å². The molecule has 10 nitrogen and oxygen atoms in total. The van der Waals surface area contributed by atoms with Crippen LogP contribution in [-0.2, 0) is 16.0 Å². The SMILES string of the molecule is CN1CC(=O)N(c2cccc(NC(=O)N3CCN(CC(=O)N4CCCc5ccccc54)CC3)c2)C1=O. The van der Waals surface area contributed by atoms with Crippen LogP contribution in [0.25, 0.3) is 0 Å². The van der Waals surface area contributed by atoms with E-state index in [9.17, 15) is 19.2 Å². The van der Waals surface area contributed by atoms with Gasteiger partial charge in [0.2, 0.25) is 5.91 Å². The summed E-state index contributed by atoms with van der Waals surface area (Å²) in [5.74, 6) is -0.210. The third kappa shape index (κ3) is 4.76. The Hall–Kier alpha value is -3.92. The highest BCUT2D eigenvalue weighted by atomic mass is 16.2. The minimum atomic E-state index is -0.387. The summed E-state index contributed by atoms with van der Waals surface area (Å²) in [6.07, 6.45) is 1.97. The van der Waals surface area contributed by atoms with Gasteiger partial charge < -0.3 is 20.0 Å². The molecule has 0 radical (unpaired) electrons. The predicted octanol–water partition coefficient (Wildman–Crippen LogP) is 2.21. The second-order valence-corrected chi connectivity index (χ2v) is 9.39. The highest BCUT2D eigenvalue weighted by Gasteiger charge is 2.35. The van der Waals surface area contributed by atoms with Crippen LogP contribution in [0, 0.1) is 0 Å². The van der Waals surface area contributed by atoms with Gasteiger partial charge in [-0.3, -0.25) is 14.5 Å². The third-order valence-corrected chi connectivity index (χ3v) is 6.92. The normalized spacial score (nSPS) is 18.5. The largest absolute Gasteiger partial charge is 0.331 e. The molecule has 2 saturated heterocycles.